The monoisotopic (exact) mass is 424 g/mol. The first-order valence-electron chi connectivity index (χ1n) is 10.7. The van der Waals surface area contributed by atoms with Gasteiger partial charge in [-0.3, -0.25) is 14.4 Å². The molecule has 166 valence electrons. The molecule has 0 aliphatic rings. The summed E-state index contributed by atoms with van der Waals surface area (Å²) in [5.74, 6) is -0.967. The van der Waals surface area contributed by atoms with E-state index >= 15 is 0 Å². The molecule has 0 saturated heterocycles. The normalized spacial score (nSPS) is 10.8. The summed E-state index contributed by atoms with van der Waals surface area (Å²) < 4.78 is 5.00. The van der Waals surface area contributed by atoms with Gasteiger partial charge >= 0.3 is 5.97 Å². The maximum absolute atomic E-state index is 13.0. The number of amides is 2. The highest BCUT2D eigenvalue weighted by Crippen LogP contribution is 2.32. The molecular weight excluding hydrogens is 392 g/mol. The molecule has 0 heterocycles. The zero-order chi connectivity index (χ0) is 23.0. The molecule has 0 atom stereocenters. The quantitative estimate of drug-likeness (QED) is 0.461. The van der Waals surface area contributed by atoms with Crippen LogP contribution in [0, 0.1) is 0 Å². The van der Waals surface area contributed by atoms with Crippen molar-refractivity contribution in [2.24, 2.45) is 0 Å². The highest BCUT2D eigenvalue weighted by molar-refractivity contribution is 6.10. The maximum atomic E-state index is 13.0. The molecule has 2 rings (SSSR count). The summed E-state index contributed by atoms with van der Waals surface area (Å²) in [7, 11) is 0. The third-order valence-corrected chi connectivity index (χ3v) is 4.91. The first-order chi connectivity index (χ1) is 14.7. The van der Waals surface area contributed by atoms with Crippen LogP contribution in [0.4, 0.5) is 11.4 Å². The van der Waals surface area contributed by atoms with Gasteiger partial charge in [0.25, 0.3) is 0 Å². The predicted molar refractivity (Wildman–Crippen MR) is 123 cm³/mol. The SMILES string of the molecule is CCOC(=O)CN(C(=O)CC(=O)Nc1c(C(C)C)cccc1C(C)C)c1ccccc1. The van der Waals surface area contributed by atoms with Gasteiger partial charge in [-0.25, -0.2) is 0 Å². The molecule has 0 aliphatic heterocycles. The fourth-order valence-corrected chi connectivity index (χ4v) is 3.38. The second-order valence-corrected chi connectivity index (χ2v) is 7.97. The Bertz CT molecular complexity index is 881. The number of benzene rings is 2. The van der Waals surface area contributed by atoms with Crippen LogP contribution in [0.5, 0.6) is 0 Å². The molecule has 2 aromatic rings. The van der Waals surface area contributed by atoms with Crippen molar-refractivity contribution in [3.05, 3.63) is 59.7 Å². The number of anilines is 2. The van der Waals surface area contributed by atoms with Gasteiger partial charge in [0.2, 0.25) is 11.8 Å². The lowest BCUT2D eigenvalue weighted by Crippen LogP contribution is -2.38. The van der Waals surface area contributed by atoms with Gasteiger partial charge in [-0.15, -0.1) is 0 Å². The number of hydrogen-bond donors (Lipinski definition) is 1. The van der Waals surface area contributed by atoms with Crippen molar-refractivity contribution in [3.63, 3.8) is 0 Å². The van der Waals surface area contributed by atoms with Gasteiger partial charge in [0, 0.05) is 11.4 Å². The van der Waals surface area contributed by atoms with Crippen molar-refractivity contribution >= 4 is 29.2 Å². The minimum Gasteiger partial charge on any atom is -0.465 e. The van der Waals surface area contributed by atoms with Gasteiger partial charge in [0.05, 0.1) is 6.61 Å². The Labute approximate surface area is 184 Å². The van der Waals surface area contributed by atoms with E-state index < -0.39 is 17.8 Å². The molecule has 0 fully saturated rings. The molecule has 2 aromatic carbocycles. The van der Waals surface area contributed by atoms with Crippen molar-refractivity contribution in [1.29, 1.82) is 0 Å². The molecule has 0 aromatic heterocycles. The van der Waals surface area contributed by atoms with Crippen molar-refractivity contribution in [3.8, 4) is 0 Å². The van der Waals surface area contributed by atoms with E-state index in [-0.39, 0.29) is 31.4 Å². The first-order valence-corrected chi connectivity index (χ1v) is 10.7. The van der Waals surface area contributed by atoms with Gasteiger partial charge in [-0.1, -0.05) is 64.1 Å². The molecular formula is C25H32N2O4. The molecule has 0 radical (unpaired) electrons. The highest BCUT2D eigenvalue weighted by atomic mass is 16.5. The average molecular weight is 425 g/mol. The topological polar surface area (TPSA) is 75.7 Å². The fourth-order valence-electron chi connectivity index (χ4n) is 3.38. The van der Waals surface area contributed by atoms with Crippen molar-refractivity contribution < 1.29 is 19.1 Å². The van der Waals surface area contributed by atoms with E-state index in [1.165, 1.54) is 4.90 Å². The summed E-state index contributed by atoms with van der Waals surface area (Å²) in [4.78, 5) is 39.1. The van der Waals surface area contributed by atoms with Crippen LogP contribution in [0.2, 0.25) is 0 Å². The first kappa shape index (κ1) is 24.1. The Morgan fingerprint density at radius 1 is 0.903 bits per heavy atom. The van der Waals surface area contributed by atoms with Crippen LogP contribution < -0.4 is 10.2 Å². The van der Waals surface area contributed by atoms with Gasteiger partial charge < -0.3 is 15.0 Å². The molecule has 0 aliphatic carbocycles. The number of esters is 1. The van der Waals surface area contributed by atoms with Crippen LogP contribution in [0.15, 0.2) is 48.5 Å². The lowest BCUT2D eigenvalue weighted by Gasteiger charge is -2.23. The van der Waals surface area contributed by atoms with Gasteiger partial charge in [0.1, 0.15) is 13.0 Å². The number of rotatable bonds is 9. The average Bonchev–Trinajstić information content (AvgIpc) is 2.72. The molecule has 6 nitrogen and oxygen atoms in total. The van der Waals surface area contributed by atoms with Crippen LogP contribution in [0.25, 0.3) is 0 Å². The minimum absolute atomic E-state index is 0.217. The summed E-state index contributed by atoms with van der Waals surface area (Å²) in [5.41, 5.74) is 3.36. The highest BCUT2D eigenvalue weighted by Gasteiger charge is 2.23. The van der Waals surface area contributed by atoms with E-state index in [1.807, 2.05) is 24.3 Å². The number of ether oxygens (including phenoxy) is 1. The van der Waals surface area contributed by atoms with Crippen LogP contribution in [-0.4, -0.2) is 30.9 Å². The molecule has 0 spiro atoms. The number of nitrogens with zero attached hydrogens (tertiary/aromatic N) is 1. The van der Waals surface area contributed by atoms with Gasteiger partial charge in [-0.05, 0) is 42.0 Å². The second-order valence-electron chi connectivity index (χ2n) is 7.97. The third-order valence-electron chi connectivity index (χ3n) is 4.91. The largest absolute Gasteiger partial charge is 0.465 e. The van der Waals surface area contributed by atoms with E-state index in [9.17, 15) is 14.4 Å². The Morgan fingerprint density at radius 3 is 2.00 bits per heavy atom. The lowest BCUT2D eigenvalue weighted by molar-refractivity contribution is -0.142. The van der Waals surface area contributed by atoms with Crippen LogP contribution in [-0.2, 0) is 19.1 Å². The summed E-state index contributed by atoms with van der Waals surface area (Å²) in [6.45, 7) is 9.95. The summed E-state index contributed by atoms with van der Waals surface area (Å²) in [5, 5.41) is 2.95. The van der Waals surface area contributed by atoms with E-state index in [0.29, 0.717) is 5.69 Å². The number of nitrogens with one attached hydrogen (secondary N) is 1. The molecule has 1 N–H and O–H groups in total. The molecule has 2 amide bonds. The Kier molecular flexibility index (Phi) is 8.79. The van der Waals surface area contributed by atoms with Crippen molar-refractivity contribution in [2.75, 3.05) is 23.4 Å². The van der Waals surface area contributed by atoms with Gasteiger partial charge in [0.15, 0.2) is 0 Å². The van der Waals surface area contributed by atoms with E-state index in [1.54, 1.807) is 31.2 Å². The van der Waals surface area contributed by atoms with Crippen molar-refractivity contribution in [2.45, 2.75) is 52.9 Å². The van der Waals surface area contributed by atoms with E-state index in [2.05, 4.69) is 33.0 Å². The summed E-state index contributed by atoms with van der Waals surface area (Å²) >= 11 is 0. The third kappa shape index (κ3) is 6.67. The number of carbonyl (C=O) groups is 3. The zero-order valence-electron chi connectivity index (χ0n) is 19.0. The maximum Gasteiger partial charge on any atom is 0.326 e. The second kappa shape index (κ2) is 11.3. The Hall–Kier alpha value is -3.15. The zero-order valence-corrected chi connectivity index (χ0v) is 19.0. The molecule has 0 bridgehead atoms. The number of para-hydroxylation sites is 2. The van der Waals surface area contributed by atoms with E-state index in [4.69, 9.17) is 4.74 Å². The van der Waals surface area contributed by atoms with Gasteiger partial charge in [-0.2, -0.15) is 0 Å². The summed E-state index contributed by atoms with van der Waals surface area (Å²) in [6, 6.07) is 14.8. The smallest absolute Gasteiger partial charge is 0.326 e. The van der Waals surface area contributed by atoms with Crippen LogP contribution in [0.1, 0.15) is 64.0 Å². The van der Waals surface area contributed by atoms with Crippen molar-refractivity contribution in [1.82, 2.24) is 0 Å². The molecule has 0 unspecified atom stereocenters. The minimum atomic E-state index is -0.521. The van der Waals surface area contributed by atoms with Crippen LogP contribution >= 0.6 is 0 Å². The van der Waals surface area contributed by atoms with Crippen LogP contribution in [0.3, 0.4) is 0 Å². The van der Waals surface area contributed by atoms with E-state index in [0.717, 1.165) is 16.8 Å². The lowest BCUT2D eigenvalue weighted by atomic mass is 9.92. The number of carbonyl (C=O) groups excluding carboxylic acids is 3. The summed E-state index contributed by atoms with van der Waals surface area (Å²) in [6.07, 6.45) is -0.377. The Morgan fingerprint density at radius 2 is 1.48 bits per heavy atom. The number of hydrogen-bond acceptors (Lipinski definition) is 4. The molecule has 31 heavy (non-hydrogen) atoms. The molecule has 6 heteroatoms. The fraction of sp³-hybridized carbons (Fsp3) is 0.400. The standard InChI is InChI=1S/C25H32N2O4/c1-6-31-24(30)16-27(19-11-8-7-9-12-19)23(29)15-22(28)26-25-20(17(2)3)13-10-14-21(25)18(4)5/h7-14,17-18H,6,15-16H2,1-5H3,(H,26,28). The predicted octanol–water partition coefficient (Wildman–Crippen LogP) is 4.86. The Balaban J connectivity index is 2.23. The molecule has 0 saturated carbocycles.